The minimum atomic E-state index is -1.02. The largest absolute Gasteiger partial charge is 0.467 e. The van der Waals surface area contributed by atoms with Gasteiger partial charge in [-0.3, -0.25) is 4.90 Å². The fraction of sp³-hybridized carbons (Fsp3) is 0.733. The molecule has 21 heavy (non-hydrogen) atoms. The molecule has 1 aliphatic heterocycles. The van der Waals surface area contributed by atoms with Crippen LogP contribution in [0.15, 0.2) is 11.1 Å². The second-order valence-electron chi connectivity index (χ2n) is 6.39. The van der Waals surface area contributed by atoms with E-state index >= 15 is 0 Å². The molecule has 1 aliphatic rings. The number of carbonyl (C=O) groups is 2. The maximum absolute atomic E-state index is 12.4. The van der Waals surface area contributed by atoms with E-state index in [1.54, 1.807) is 20.8 Å². The number of ether oxygens (including phenoxy) is 2. The quantitative estimate of drug-likeness (QED) is 0.748. The smallest absolute Gasteiger partial charge is 0.411 e. The van der Waals surface area contributed by atoms with Crippen molar-refractivity contribution in [3.05, 3.63) is 11.1 Å². The average Bonchev–Trinajstić information content (AvgIpc) is 2.80. The SMILES string of the molecule is COC(=O)C1(CC(C)=CCl)CCCN1C(=O)OC(C)(C)C. The van der Waals surface area contributed by atoms with Crippen molar-refractivity contribution in [3.63, 3.8) is 0 Å². The molecule has 1 unspecified atom stereocenters. The summed E-state index contributed by atoms with van der Waals surface area (Å²) in [6.45, 7) is 7.68. The molecule has 1 rings (SSSR count). The third-order valence-electron chi connectivity index (χ3n) is 3.43. The molecule has 0 saturated carbocycles. The highest BCUT2D eigenvalue weighted by atomic mass is 35.5. The van der Waals surface area contributed by atoms with E-state index in [9.17, 15) is 9.59 Å². The number of likely N-dealkylation sites (tertiary alicyclic amines) is 1. The predicted molar refractivity (Wildman–Crippen MR) is 81.1 cm³/mol. The molecule has 0 aliphatic carbocycles. The highest BCUT2D eigenvalue weighted by molar-refractivity contribution is 6.25. The number of hydrogen-bond donors (Lipinski definition) is 0. The first-order valence-corrected chi connectivity index (χ1v) is 7.45. The molecule has 1 saturated heterocycles. The van der Waals surface area contributed by atoms with Crippen molar-refractivity contribution in [2.45, 2.75) is 58.1 Å². The molecule has 0 spiro atoms. The Morgan fingerprint density at radius 3 is 2.48 bits per heavy atom. The van der Waals surface area contributed by atoms with Gasteiger partial charge < -0.3 is 9.47 Å². The normalized spacial score (nSPS) is 23.1. The van der Waals surface area contributed by atoms with Gasteiger partial charge in [-0.1, -0.05) is 17.2 Å². The standard InChI is InChI=1S/C15H24ClNO4/c1-11(10-16)9-15(12(18)20-5)7-6-8-17(15)13(19)21-14(2,3)4/h10H,6-9H2,1-5H3. The molecule has 1 fully saturated rings. The Balaban J connectivity index is 3.10. The lowest BCUT2D eigenvalue weighted by molar-refractivity contribution is -0.153. The van der Waals surface area contributed by atoms with Crippen molar-refractivity contribution >= 4 is 23.7 Å². The summed E-state index contributed by atoms with van der Waals surface area (Å²) in [4.78, 5) is 26.2. The van der Waals surface area contributed by atoms with Gasteiger partial charge in [-0.2, -0.15) is 0 Å². The van der Waals surface area contributed by atoms with E-state index in [4.69, 9.17) is 21.1 Å². The molecule has 6 heteroatoms. The van der Waals surface area contributed by atoms with Gasteiger partial charge in [0, 0.05) is 18.5 Å². The number of carbonyl (C=O) groups excluding carboxylic acids is 2. The Morgan fingerprint density at radius 1 is 1.38 bits per heavy atom. The van der Waals surface area contributed by atoms with Gasteiger partial charge in [0.15, 0.2) is 0 Å². The van der Waals surface area contributed by atoms with Gasteiger partial charge in [0.25, 0.3) is 0 Å². The van der Waals surface area contributed by atoms with Gasteiger partial charge >= 0.3 is 12.1 Å². The zero-order valence-corrected chi connectivity index (χ0v) is 14.1. The number of nitrogens with zero attached hydrogens (tertiary/aromatic N) is 1. The van der Waals surface area contributed by atoms with Crippen LogP contribution in [0.5, 0.6) is 0 Å². The highest BCUT2D eigenvalue weighted by Crippen LogP contribution is 2.37. The summed E-state index contributed by atoms with van der Waals surface area (Å²) in [6.07, 6.45) is 1.13. The minimum absolute atomic E-state index is 0.350. The summed E-state index contributed by atoms with van der Waals surface area (Å²) in [7, 11) is 1.33. The Bertz CT molecular complexity index is 441. The summed E-state index contributed by atoms with van der Waals surface area (Å²) in [5.74, 6) is -0.427. The molecule has 0 aromatic carbocycles. The number of halogens is 1. The van der Waals surface area contributed by atoms with Crippen LogP contribution in [0, 0.1) is 0 Å². The Kier molecular flexibility index (Phi) is 5.68. The van der Waals surface area contributed by atoms with E-state index in [1.165, 1.54) is 17.5 Å². The molecule has 0 aromatic rings. The van der Waals surface area contributed by atoms with Crippen molar-refractivity contribution in [1.82, 2.24) is 4.90 Å². The predicted octanol–water partition coefficient (Wildman–Crippen LogP) is 3.46. The average molecular weight is 318 g/mol. The van der Waals surface area contributed by atoms with Crippen LogP contribution in [0.2, 0.25) is 0 Å². The van der Waals surface area contributed by atoms with Crippen LogP contribution in [-0.4, -0.2) is 41.8 Å². The van der Waals surface area contributed by atoms with Crippen LogP contribution < -0.4 is 0 Å². The molecule has 0 radical (unpaired) electrons. The zero-order valence-electron chi connectivity index (χ0n) is 13.4. The Hall–Kier alpha value is -1.23. The lowest BCUT2D eigenvalue weighted by Crippen LogP contribution is -2.54. The third kappa shape index (κ3) is 4.13. The maximum Gasteiger partial charge on any atom is 0.411 e. The number of rotatable bonds is 3. The van der Waals surface area contributed by atoms with Gasteiger partial charge in [0.05, 0.1) is 7.11 Å². The molecular formula is C15H24ClNO4. The minimum Gasteiger partial charge on any atom is -0.467 e. The van der Waals surface area contributed by atoms with E-state index < -0.39 is 23.2 Å². The van der Waals surface area contributed by atoms with Gasteiger partial charge in [-0.15, -0.1) is 0 Å². The zero-order chi connectivity index (χ0) is 16.3. The van der Waals surface area contributed by atoms with Crippen molar-refractivity contribution in [2.24, 2.45) is 0 Å². The summed E-state index contributed by atoms with van der Waals surface area (Å²) in [5, 5.41) is 0. The Morgan fingerprint density at radius 2 is 2.00 bits per heavy atom. The summed E-state index contributed by atoms with van der Waals surface area (Å²) in [6, 6.07) is 0. The van der Waals surface area contributed by atoms with Crippen LogP contribution in [0.1, 0.15) is 47.0 Å². The fourth-order valence-corrected chi connectivity index (χ4v) is 2.70. The summed E-state index contributed by atoms with van der Waals surface area (Å²) < 4.78 is 10.3. The Labute approximate surface area is 131 Å². The number of amides is 1. The van der Waals surface area contributed by atoms with Crippen molar-refractivity contribution in [2.75, 3.05) is 13.7 Å². The summed E-state index contributed by atoms with van der Waals surface area (Å²) in [5.41, 5.74) is 0.611. The van der Waals surface area contributed by atoms with E-state index in [0.29, 0.717) is 19.4 Å². The first-order chi connectivity index (χ1) is 9.66. The first kappa shape index (κ1) is 17.8. The second-order valence-corrected chi connectivity index (χ2v) is 6.61. The molecule has 0 bridgehead atoms. The molecular weight excluding hydrogens is 294 g/mol. The number of esters is 1. The van der Waals surface area contributed by atoms with Gasteiger partial charge in [0.1, 0.15) is 11.1 Å². The van der Waals surface area contributed by atoms with E-state index in [2.05, 4.69) is 0 Å². The monoisotopic (exact) mass is 317 g/mol. The topological polar surface area (TPSA) is 55.8 Å². The van der Waals surface area contributed by atoms with E-state index in [-0.39, 0.29) is 0 Å². The third-order valence-corrected chi connectivity index (χ3v) is 3.80. The highest BCUT2D eigenvalue weighted by Gasteiger charge is 2.51. The molecule has 1 atom stereocenters. The van der Waals surface area contributed by atoms with Crippen LogP contribution in [0.3, 0.4) is 0 Å². The lowest BCUT2D eigenvalue weighted by Gasteiger charge is -2.37. The van der Waals surface area contributed by atoms with Crippen LogP contribution >= 0.6 is 11.6 Å². The first-order valence-electron chi connectivity index (χ1n) is 7.01. The van der Waals surface area contributed by atoms with Crippen molar-refractivity contribution in [3.8, 4) is 0 Å². The summed E-state index contributed by atoms with van der Waals surface area (Å²) >= 11 is 5.73. The fourth-order valence-electron chi connectivity index (χ4n) is 2.62. The van der Waals surface area contributed by atoms with E-state index in [1.807, 2.05) is 6.92 Å². The maximum atomic E-state index is 12.4. The van der Waals surface area contributed by atoms with E-state index in [0.717, 1.165) is 12.0 Å². The molecule has 120 valence electrons. The number of hydrogen-bond acceptors (Lipinski definition) is 4. The van der Waals surface area contributed by atoms with Gasteiger partial charge in [-0.05, 0) is 40.5 Å². The van der Waals surface area contributed by atoms with Crippen molar-refractivity contribution < 1.29 is 19.1 Å². The lowest BCUT2D eigenvalue weighted by atomic mass is 9.89. The van der Waals surface area contributed by atoms with Crippen molar-refractivity contribution in [1.29, 1.82) is 0 Å². The molecule has 0 N–H and O–H groups in total. The van der Waals surface area contributed by atoms with Gasteiger partial charge in [0.2, 0.25) is 0 Å². The molecule has 1 heterocycles. The van der Waals surface area contributed by atoms with Crippen LogP contribution in [0.4, 0.5) is 4.79 Å². The molecule has 5 nitrogen and oxygen atoms in total. The molecule has 1 amide bonds. The number of methoxy groups -OCH3 is 1. The van der Waals surface area contributed by atoms with Gasteiger partial charge in [-0.25, -0.2) is 9.59 Å². The van der Waals surface area contributed by atoms with Crippen LogP contribution in [0.25, 0.3) is 0 Å². The second kappa shape index (κ2) is 6.69. The molecule has 0 aromatic heterocycles. The van der Waals surface area contributed by atoms with Crippen LogP contribution in [-0.2, 0) is 14.3 Å².